The van der Waals surface area contributed by atoms with Crippen LogP contribution in [0.5, 0.6) is 0 Å². The second-order valence-electron chi connectivity index (χ2n) is 2.87. The molecule has 6 N–H and O–H groups in total. The van der Waals surface area contributed by atoms with Gasteiger partial charge in [-0.3, -0.25) is 9.59 Å². The zero-order valence-electron chi connectivity index (χ0n) is 7.84. The van der Waals surface area contributed by atoms with Gasteiger partial charge in [-0.05, 0) is 17.7 Å². The van der Waals surface area contributed by atoms with E-state index in [1.54, 1.807) is 12.1 Å². The van der Waals surface area contributed by atoms with Crippen LogP contribution in [0.25, 0.3) is 0 Å². The smallest absolute Gasteiger partial charge is 0.248 e. The average Bonchev–Trinajstić information content (AvgIpc) is 2.16. The lowest BCUT2D eigenvalue weighted by molar-refractivity contribution is -0.119. The Balaban J connectivity index is 0.00000196. The number of carbonyl (C=O) groups excluding carboxylic acids is 2. The molecule has 0 bridgehead atoms. The maximum atomic E-state index is 10.7. The first-order valence-electron chi connectivity index (χ1n) is 3.97. The normalized spacial score (nSPS) is 11.3. The summed E-state index contributed by atoms with van der Waals surface area (Å²) in [6.07, 6.45) is 0. The summed E-state index contributed by atoms with van der Waals surface area (Å²) < 4.78 is 0. The first-order chi connectivity index (χ1) is 6.52. The number of carbonyl (C=O) groups is 2. The first-order valence-corrected chi connectivity index (χ1v) is 3.97. The third kappa shape index (κ3) is 3.23. The van der Waals surface area contributed by atoms with Crippen LogP contribution < -0.4 is 17.2 Å². The van der Waals surface area contributed by atoms with Crippen molar-refractivity contribution in [2.75, 3.05) is 0 Å². The molecule has 0 fully saturated rings. The monoisotopic (exact) mass is 229 g/mol. The Kier molecular flexibility index (Phi) is 4.77. The van der Waals surface area contributed by atoms with Crippen LogP contribution >= 0.6 is 12.4 Å². The van der Waals surface area contributed by atoms with Crippen molar-refractivity contribution in [2.24, 2.45) is 17.2 Å². The topological polar surface area (TPSA) is 112 Å². The van der Waals surface area contributed by atoms with E-state index < -0.39 is 17.9 Å². The molecule has 0 unspecified atom stereocenters. The van der Waals surface area contributed by atoms with E-state index in [0.29, 0.717) is 11.1 Å². The predicted molar refractivity (Wildman–Crippen MR) is 58.3 cm³/mol. The van der Waals surface area contributed by atoms with E-state index in [1.807, 2.05) is 0 Å². The molecule has 2 amide bonds. The highest BCUT2D eigenvalue weighted by Gasteiger charge is 2.11. The maximum Gasteiger partial charge on any atom is 0.248 e. The van der Waals surface area contributed by atoms with Crippen LogP contribution in [0.1, 0.15) is 22.0 Å². The van der Waals surface area contributed by atoms with Crippen molar-refractivity contribution in [3.63, 3.8) is 0 Å². The van der Waals surface area contributed by atoms with Gasteiger partial charge in [0, 0.05) is 5.56 Å². The van der Waals surface area contributed by atoms with Crippen LogP contribution in [-0.2, 0) is 4.79 Å². The fraction of sp³-hybridized carbons (Fsp3) is 0.111. The Morgan fingerprint density at radius 3 is 1.87 bits per heavy atom. The van der Waals surface area contributed by atoms with Crippen molar-refractivity contribution in [1.82, 2.24) is 0 Å². The van der Waals surface area contributed by atoms with E-state index in [9.17, 15) is 9.59 Å². The highest BCUT2D eigenvalue weighted by Crippen LogP contribution is 2.10. The summed E-state index contributed by atoms with van der Waals surface area (Å²) >= 11 is 0. The Labute approximate surface area is 93.0 Å². The van der Waals surface area contributed by atoms with Crippen LogP contribution in [0.2, 0.25) is 0 Å². The molecule has 1 atom stereocenters. The predicted octanol–water partition coefficient (Wildman–Crippen LogP) is -0.308. The fourth-order valence-corrected chi connectivity index (χ4v) is 1.02. The molecule has 82 valence electrons. The summed E-state index contributed by atoms with van der Waals surface area (Å²) in [7, 11) is 0. The third-order valence-corrected chi connectivity index (χ3v) is 1.86. The number of primary amides is 2. The van der Waals surface area contributed by atoms with Crippen LogP contribution in [0.4, 0.5) is 0 Å². The Hall–Kier alpha value is -1.59. The van der Waals surface area contributed by atoms with Gasteiger partial charge in [0.25, 0.3) is 0 Å². The average molecular weight is 230 g/mol. The molecule has 0 radical (unpaired) electrons. The number of hydrogen-bond donors (Lipinski definition) is 3. The van der Waals surface area contributed by atoms with E-state index >= 15 is 0 Å². The summed E-state index contributed by atoms with van der Waals surface area (Å²) in [6, 6.07) is 5.25. The standard InChI is InChI=1S/C9H11N3O2.ClH/c10-7(9(12)14)5-1-3-6(4-2-5)8(11)13;/h1-4,7H,10H2,(H2,11,13)(H2,12,14);1H/t7-;/m1./s1. The second kappa shape index (κ2) is 5.33. The number of amides is 2. The van der Waals surface area contributed by atoms with Gasteiger partial charge >= 0.3 is 0 Å². The van der Waals surface area contributed by atoms with E-state index in [0.717, 1.165) is 0 Å². The molecule has 0 heterocycles. The third-order valence-electron chi connectivity index (χ3n) is 1.86. The number of halogens is 1. The van der Waals surface area contributed by atoms with Gasteiger partial charge in [0.15, 0.2) is 0 Å². The minimum atomic E-state index is -0.850. The summed E-state index contributed by atoms with van der Waals surface area (Å²) in [5.41, 5.74) is 16.4. The lowest BCUT2D eigenvalue weighted by atomic mass is 10.1. The molecular weight excluding hydrogens is 218 g/mol. The van der Waals surface area contributed by atoms with Crippen molar-refractivity contribution < 1.29 is 9.59 Å². The molecule has 0 spiro atoms. The lowest BCUT2D eigenvalue weighted by Crippen LogP contribution is -2.28. The molecule has 6 heteroatoms. The fourth-order valence-electron chi connectivity index (χ4n) is 1.02. The molecule has 0 saturated carbocycles. The molecule has 0 saturated heterocycles. The zero-order chi connectivity index (χ0) is 10.7. The van der Waals surface area contributed by atoms with Crippen molar-refractivity contribution in [1.29, 1.82) is 0 Å². The van der Waals surface area contributed by atoms with Gasteiger partial charge < -0.3 is 17.2 Å². The Bertz CT molecular complexity index is 364. The molecule has 0 aliphatic heterocycles. The van der Waals surface area contributed by atoms with Crippen LogP contribution in [-0.4, -0.2) is 11.8 Å². The Morgan fingerprint density at radius 1 is 1.07 bits per heavy atom. The van der Waals surface area contributed by atoms with E-state index in [-0.39, 0.29) is 12.4 Å². The summed E-state index contributed by atoms with van der Waals surface area (Å²) in [4.78, 5) is 21.4. The summed E-state index contributed by atoms with van der Waals surface area (Å²) in [5.74, 6) is -1.14. The van der Waals surface area contributed by atoms with Crippen molar-refractivity contribution in [3.05, 3.63) is 35.4 Å². The molecule has 15 heavy (non-hydrogen) atoms. The van der Waals surface area contributed by atoms with Crippen molar-refractivity contribution >= 4 is 24.2 Å². The van der Waals surface area contributed by atoms with E-state index in [2.05, 4.69) is 0 Å². The molecular formula is C9H12ClN3O2. The highest BCUT2D eigenvalue weighted by molar-refractivity contribution is 5.93. The van der Waals surface area contributed by atoms with Gasteiger partial charge in [0.1, 0.15) is 6.04 Å². The molecule has 0 aliphatic carbocycles. The summed E-state index contributed by atoms with van der Waals surface area (Å²) in [6.45, 7) is 0. The number of nitrogens with two attached hydrogens (primary N) is 3. The second-order valence-corrected chi connectivity index (χ2v) is 2.87. The van der Waals surface area contributed by atoms with Gasteiger partial charge in [-0.25, -0.2) is 0 Å². The number of rotatable bonds is 3. The maximum absolute atomic E-state index is 10.7. The van der Waals surface area contributed by atoms with Gasteiger partial charge in [0.05, 0.1) is 0 Å². The first kappa shape index (κ1) is 13.4. The quantitative estimate of drug-likeness (QED) is 0.661. The number of hydrogen-bond acceptors (Lipinski definition) is 3. The molecule has 5 nitrogen and oxygen atoms in total. The van der Waals surface area contributed by atoms with Gasteiger partial charge in [-0.1, -0.05) is 12.1 Å². The van der Waals surface area contributed by atoms with Crippen LogP contribution in [0.15, 0.2) is 24.3 Å². The highest BCUT2D eigenvalue weighted by atomic mass is 35.5. The largest absolute Gasteiger partial charge is 0.368 e. The van der Waals surface area contributed by atoms with E-state index in [4.69, 9.17) is 17.2 Å². The Morgan fingerprint density at radius 2 is 1.53 bits per heavy atom. The molecule has 0 aromatic heterocycles. The minimum Gasteiger partial charge on any atom is -0.368 e. The van der Waals surface area contributed by atoms with Crippen molar-refractivity contribution in [2.45, 2.75) is 6.04 Å². The summed E-state index contributed by atoms with van der Waals surface area (Å²) in [5, 5.41) is 0. The molecule has 1 aromatic rings. The van der Waals surface area contributed by atoms with Crippen LogP contribution in [0.3, 0.4) is 0 Å². The van der Waals surface area contributed by atoms with Gasteiger partial charge in [-0.15, -0.1) is 12.4 Å². The van der Waals surface area contributed by atoms with Crippen molar-refractivity contribution in [3.8, 4) is 0 Å². The SMILES string of the molecule is Cl.NC(=O)c1ccc([C@@H](N)C(N)=O)cc1. The van der Waals surface area contributed by atoms with Gasteiger partial charge in [-0.2, -0.15) is 0 Å². The molecule has 0 aliphatic rings. The molecule has 1 aromatic carbocycles. The van der Waals surface area contributed by atoms with E-state index in [1.165, 1.54) is 12.1 Å². The molecule has 1 rings (SSSR count). The van der Waals surface area contributed by atoms with Gasteiger partial charge in [0.2, 0.25) is 11.8 Å². The lowest BCUT2D eigenvalue weighted by Gasteiger charge is -2.07. The van der Waals surface area contributed by atoms with Crippen LogP contribution in [0, 0.1) is 0 Å². The zero-order valence-corrected chi connectivity index (χ0v) is 8.66. The number of benzene rings is 1. The minimum absolute atomic E-state index is 0.